The SMILES string of the molecule is CCCCCCCCCCCCCCCCCOCC(COC1OC(CO)C(O)C(O)C1O)OC(=O)CCCCCC. The zero-order chi connectivity index (χ0) is 30.8. The Morgan fingerprint density at radius 3 is 1.69 bits per heavy atom. The average Bonchev–Trinajstić information content (AvgIpc) is 2.99. The van der Waals surface area contributed by atoms with Gasteiger partial charge in [0.2, 0.25) is 0 Å². The predicted octanol–water partition coefficient (Wildman–Crippen LogP) is 5.57. The summed E-state index contributed by atoms with van der Waals surface area (Å²) in [6.07, 6.45) is 16.1. The maximum Gasteiger partial charge on any atom is 0.306 e. The van der Waals surface area contributed by atoms with Gasteiger partial charge < -0.3 is 39.4 Å². The first-order valence-electron chi connectivity index (χ1n) is 17.1. The highest BCUT2D eigenvalue weighted by molar-refractivity contribution is 5.69. The number of rotatable bonds is 28. The van der Waals surface area contributed by atoms with Crippen LogP contribution in [0.4, 0.5) is 0 Å². The van der Waals surface area contributed by atoms with E-state index >= 15 is 0 Å². The number of carbonyl (C=O) groups is 1. The van der Waals surface area contributed by atoms with Crippen LogP contribution in [0.1, 0.15) is 142 Å². The zero-order valence-corrected chi connectivity index (χ0v) is 26.8. The van der Waals surface area contributed by atoms with Crippen molar-refractivity contribution in [2.75, 3.05) is 26.4 Å². The van der Waals surface area contributed by atoms with Gasteiger partial charge in [0.25, 0.3) is 0 Å². The van der Waals surface area contributed by atoms with Crippen LogP contribution >= 0.6 is 0 Å². The Labute approximate surface area is 255 Å². The Balaban J connectivity index is 2.24. The van der Waals surface area contributed by atoms with E-state index in [0.29, 0.717) is 13.0 Å². The molecule has 0 saturated carbocycles. The molecule has 0 aromatic carbocycles. The number of unbranched alkanes of at least 4 members (excludes halogenated alkanes) is 17. The second-order valence-corrected chi connectivity index (χ2v) is 12.0. The minimum absolute atomic E-state index is 0.109. The Morgan fingerprint density at radius 2 is 1.17 bits per heavy atom. The van der Waals surface area contributed by atoms with Gasteiger partial charge in [0.1, 0.15) is 30.5 Å². The Hall–Kier alpha value is -0.810. The van der Waals surface area contributed by atoms with Gasteiger partial charge in [-0.25, -0.2) is 0 Å². The molecule has 1 rings (SSSR count). The van der Waals surface area contributed by atoms with Crippen molar-refractivity contribution in [3.05, 3.63) is 0 Å². The van der Waals surface area contributed by atoms with Gasteiger partial charge in [-0.15, -0.1) is 0 Å². The molecule has 1 saturated heterocycles. The molecule has 42 heavy (non-hydrogen) atoms. The summed E-state index contributed by atoms with van der Waals surface area (Å²) in [5.41, 5.74) is 0. The first-order chi connectivity index (χ1) is 20.4. The molecule has 6 unspecified atom stereocenters. The van der Waals surface area contributed by atoms with E-state index in [9.17, 15) is 25.2 Å². The largest absolute Gasteiger partial charge is 0.457 e. The van der Waals surface area contributed by atoms with Crippen LogP contribution in [0.3, 0.4) is 0 Å². The van der Waals surface area contributed by atoms with Crippen LogP contribution in [0.5, 0.6) is 0 Å². The van der Waals surface area contributed by atoms with Gasteiger partial charge in [-0.05, 0) is 12.8 Å². The first-order valence-corrected chi connectivity index (χ1v) is 17.1. The van der Waals surface area contributed by atoms with Crippen molar-refractivity contribution in [3.8, 4) is 0 Å². The maximum absolute atomic E-state index is 12.4. The van der Waals surface area contributed by atoms with Gasteiger partial charge in [0, 0.05) is 13.0 Å². The lowest BCUT2D eigenvalue weighted by Crippen LogP contribution is -2.59. The van der Waals surface area contributed by atoms with Crippen molar-refractivity contribution in [2.24, 2.45) is 0 Å². The lowest BCUT2D eigenvalue weighted by atomic mass is 9.99. The molecule has 1 aliphatic rings. The number of aliphatic hydroxyl groups excluding tert-OH is 4. The number of hydrogen-bond acceptors (Lipinski definition) is 9. The van der Waals surface area contributed by atoms with E-state index in [2.05, 4.69) is 13.8 Å². The molecule has 1 heterocycles. The summed E-state index contributed by atoms with van der Waals surface area (Å²) >= 11 is 0. The highest BCUT2D eigenvalue weighted by atomic mass is 16.7. The van der Waals surface area contributed by atoms with Gasteiger partial charge in [-0.3, -0.25) is 4.79 Å². The van der Waals surface area contributed by atoms with Gasteiger partial charge in [0.15, 0.2) is 6.29 Å². The molecule has 250 valence electrons. The Morgan fingerprint density at radius 1 is 0.667 bits per heavy atom. The van der Waals surface area contributed by atoms with E-state index in [1.165, 1.54) is 83.5 Å². The fourth-order valence-corrected chi connectivity index (χ4v) is 5.25. The number of hydrogen-bond donors (Lipinski definition) is 4. The van der Waals surface area contributed by atoms with E-state index in [1.54, 1.807) is 0 Å². The van der Waals surface area contributed by atoms with Gasteiger partial charge in [0.05, 0.1) is 19.8 Å². The standard InChI is InChI=1S/C33H64O9/c1-3-5-7-9-10-11-12-13-14-15-16-17-18-19-21-23-39-25-27(41-29(35)22-20-8-6-4-2)26-40-33-32(38)31(37)30(36)28(24-34)42-33/h27-28,30-34,36-38H,3-26H2,1-2H3. The highest BCUT2D eigenvalue weighted by Gasteiger charge is 2.44. The molecule has 9 nitrogen and oxygen atoms in total. The molecule has 0 aromatic rings. The third-order valence-corrected chi connectivity index (χ3v) is 8.02. The highest BCUT2D eigenvalue weighted by Crippen LogP contribution is 2.22. The Bertz CT molecular complexity index is 618. The van der Waals surface area contributed by atoms with Crippen molar-refractivity contribution >= 4 is 5.97 Å². The summed E-state index contributed by atoms with van der Waals surface area (Å²) in [4.78, 5) is 12.4. The van der Waals surface area contributed by atoms with Gasteiger partial charge >= 0.3 is 5.97 Å². The van der Waals surface area contributed by atoms with E-state index in [-0.39, 0.29) is 19.2 Å². The minimum Gasteiger partial charge on any atom is -0.457 e. The summed E-state index contributed by atoms with van der Waals surface area (Å²) in [7, 11) is 0. The number of ether oxygens (including phenoxy) is 4. The normalized spacial score (nSPS) is 23.2. The van der Waals surface area contributed by atoms with Crippen LogP contribution in [0.2, 0.25) is 0 Å². The molecule has 0 spiro atoms. The van der Waals surface area contributed by atoms with Gasteiger partial charge in [-0.1, -0.05) is 123 Å². The molecule has 4 N–H and O–H groups in total. The summed E-state index contributed by atoms with van der Waals surface area (Å²) in [6.45, 7) is 4.44. The third-order valence-electron chi connectivity index (χ3n) is 8.02. The maximum atomic E-state index is 12.4. The van der Waals surface area contributed by atoms with Crippen LogP contribution < -0.4 is 0 Å². The predicted molar refractivity (Wildman–Crippen MR) is 164 cm³/mol. The quantitative estimate of drug-likeness (QED) is 0.0667. The lowest BCUT2D eigenvalue weighted by molar-refractivity contribution is -0.305. The molecule has 0 aromatic heterocycles. The summed E-state index contributed by atoms with van der Waals surface area (Å²) in [5, 5.41) is 39.6. The fourth-order valence-electron chi connectivity index (χ4n) is 5.25. The van der Waals surface area contributed by atoms with Gasteiger partial charge in [-0.2, -0.15) is 0 Å². The van der Waals surface area contributed by atoms with Crippen molar-refractivity contribution in [3.63, 3.8) is 0 Å². The average molecular weight is 605 g/mol. The van der Waals surface area contributed by atoms with Crippen molar-refractivity contribution in [2.45, 2.75) is 179 Å². The minimum atomic E-state index is -1.53. The third kappa shape index (κ3) is 18.8. The van der Waals surface area contributed by atoms with E-state index < -0.39 is 43.4 Å². The van der Waals surface area contributed by atoms with Crippen LogP contribution in [0, 0.1) is 0 Å². The second kappa shape index (κ2) is 26.6. The van der Waals surface area contributed by atoms with Crippen LogP contribution in [-0.2, 0) is 23.7 Å². The molecule has 0 amide bonds. The van der Waals surface area contributed by atoms with Crippen molar-refractivity contribution < 1.29 is 44.2 Å². The lowest BCUT2D eigenvalue weighted by Gasteiger charge is -2.39. The number of esters is 1. The summed E-state index contributed by atoms with van der Waals surface area (Å²) in [6, 6.07) is 0. The van der Waals surface area contributed by atoms with Crippen LogP contribution in [0.15, 0.2) is 0 Å². The summed E-state index contributed by atoms with van der Waals surface area (Å²) in [5.74, 6) is -0.330. The zero-order valence-electron chi connectivity index (χ0n) is 26.8. The number of aliphatic hydroxyl groups is 4. The molecule has 0 radical (unpaired) electrons. The molecular weight excluding hydrogens is 540 g/mol. The molecule has 9 heteroatoms. The second-order valence-electron chi connectivity index (χ2n) is 12.0. The van der Waals surface area contributed by atoms with E-state index in [0.717, 1.165) is 38.5 Å². The first kappa shape index (κ1) is 39.2. The molecule has 0 bridgehead atoms. The monoisotopic (exact) mass is 604 g/mol. The van der Waals surface area contributed by atoms with Crippen molar-refractivity contribution in [1.29, 1.82) is 0 Å². The van der Waals surface area contributed by atoms with E-state index in [1.807, 2.05) is 0 Å². The molecular formula is C33H64O9. The molecule has 6 atom stereocenters. The number of carbonyl (C=O) groups excluding carboxylic acids is 1. The molecule has 0 aliphatic carbocycles. The summed E-state index contributed by atoms with van der Waals surface area (Å²) < 4.78 is 22.4. The van der Waals surface area contributed by atoms with Crippen LogP contribution in [-0.4, -0.2) is 89.6 Å². The van der Waals surface area contributed by atoms with Crippen molar-refractivity contribution in [1.82, 2.24) is 0 Å². The van der Waals surface area contributed by atoms with Crippen LogP contribution in [0.25, 0.3) is 0 Å². The smallest absolute Gasteiger partial charge is 0.306 e. The molecule has 1 fully saturated rings. The molecule has 1 aliphatic heterocycles. The fraction of sp³-hybridized carbons (Fsp3) is 0.970. The Kier molecular flexibility index (Phi) is 24.8. The van der Waals surface area contributed by atoms with E-state index in [4.69, 9.17) is 18.9 Å². The topological polar surface area (TPSA) is 135 Å².